The van der Waals surface area contributed by atoms with Crippen LogP contribution in [0.15, 0.2) is 66.7 Å². The predicted octanol–water partition coefficient (Wildman–Crippen LogP) is 6.29. The molecule has 2 atom stereocenters. The largest absolute Gasteiger partial charge is 0.0837 e. The fourth-order valence-electron chi connectivity index (χ4n) is 3.90. The molecule has 0 aliphatic heterocycles. The van der Waals surface area contributed by atoms with Gasteiger partial charge in [0.2, 0.25) is 0 Å². The molecule has 0 bridgehead atoms. The second-order valence-corrected chi connectivity index (χ2v) is 6.77. The van der Waals surface area contributed by atoms with Crippen molar-refractivity contribution in [3.63, 3.8) is 0 Å². The highest BCUT2D eigenvalue weighted by molar-refractivity contribution is 6.32. The number of aryl methyl sites for hydroxylation is 1. The first kappa shape index (κ1) is 14.5. The third kappa shape index (κ3) is 2.21. The van der Waals surface area contributed by atoms with E-state index < -0.39 is 0 Å². The number of hydrogen-bond acceptors (Lipinski definition) is 0. The van der Waals surface area contributed by atoms with E-state index in [1.54, 1.807) is 0 Å². The Bertz CT molecular complexity index is 864. The Morgan fingerprint density at radius 3 is 2.13 bits per heavy atom. The molecule has 3 aromatic rings. The second-order valence-electron chi connectivity index (χ2n) is 6.39. The molecule has 0 saturated carbocycles. The quantitative estimate of drug-likeness (QED) is 0.494. The molecule has 1 aliphatic rings. The third-order valence-corrected chi connectivity index (χ3v) is 5.56. The van der Waals surface area contributed by atoms with E-state index in [0.717, 1.165) is 10.6 Å². The Hall–Kier alpha value is -2.05. The van der Waals surface area contributed by atoms with Crippen LogP contribution in [0.1, 0.15) is 52.1 Å². The SMILES string of the molecule is Cc1ccc2c(c1Cl)C(C)c1ccccc1C2c1ccccc1. The van der Waals surface area contributed by atoms with E-state index in [0.29, 0.717) is 5.92 Å². The first-order valence-electron chi connectivity index (χ1n) is 8.11. The molecule has 4 rings (SSSR count). The van der Waals surface area contributed by atoms with Crippen LogP contribution in [0.2, 0.25) is 5.02 Å². The summed E-state index contributed by atoms with van der Waals surface area (Å²) in [5.74, 6) is 0.588. The van der Waals surface area contributed by atoms with E-state index in [2.05, 4.69) is 80.6 Å². The molecule has 23 heavy (non-hydrogen) atoms. The molecule has 1 aliphatic carbocycles. The van der Waals surface area contributed by atoms with Crippen LogP contribution in [0.25, 0.3) is 0 Å². The van der Waals surface area contributed by atoms with E-state index in [1.807, 2.05) is 0 Å². The summed E-state index contributed by atoms with van der Waals surface area (Å²) in [4.78, 5) is 0. The third-order valence-electron chi connectivity index (χ3n) is 5.06. The van der Waals surface area contributed by atoms with Gasteiger partial charge in [0, 0.05) is 16.9 Å². The van der Waals surface area contributed by atoms with Gasteiger partial charge in [0.25, 0.3) is 0 Å². The number of rotatable bonds is 1. The molecule has 114 valence electrons. The lowest BCUT2D eigenvalue weighted by atomic mass is 9.70. The zero-order valence-electron chi connectivity index (χ0n) is 13.4. The van der Waals surface area contributed by atoms with Crippen molar-refractivity contribution in [1.29, 1.82) is 0 Å². The number of hydrogen-bond donors (Lipinski definition) is 0. The fourth-order valence-corrected chi connectivity index (χ4v) is 4.24. The van der Waals surface area contributed by atoms with Crippen molar-refractivity contribution in [2.24, 2.45) is 0 Å². The zero-order valence-corrected chi connectivity index (χ0v) is 14.1. The van der Waals surface area contributed by atoms with Gasteiger partial charge in [-0.15, -0.1) is 0 Å². The Kier molecular flexibility index (Phi) is 3.50. The molecule has 0 spiro atoms. The molecule has 0 saturated heterocycles. The van der Waals surface area contributed by atoms with Crippen LogP contribution in [0, 0.1) is 6.92 Å². The summed E-state index contributed by atoms with van der Waals surface area (Å²) in [6.07, 6.45) is 0. The van der Waals surface area contributed by atoms with Gasteiger partial charge in [-0.2, -0.15) is 0 Å². The molecule has 0 amide bonds. The Morgan fingerprint density at radius 1 is 0.739 bits per heavy atom. The average molecular weight is 319 g/mol. The highest BCUT2D eigenvalue weighted by Crippen LogP contribution is 2.48. The van der Waals surface area contributed by atoms with Crippen LogP contribution in [-0.4, -0.2) is 0 Å². The van der Waals surface area contributed by atoms with Crippen molar-refractivity contribution in [2.75, 3.05) is 0 Å². The Labute approximate surface area is 142 Å². The van der Waals surface area contributed by atoms with E-state index in [-0.39, 0.29) is 5.92 Å². The maximum absolute atomic E-state index is 6.73. The number of halogens is 1. The molecule has 1 heteroatoms. The fraction of sp³-hybridized carbons (Fsp3) is 0.182. The monoisotopic (exact) mass is 318 g/mol. The lowest BCUT2D eigenvalue weighted by molar-refractivity contribution is 0.793. The number of benzene rings is 3. The molecular formula is C22H19Cl. The minimum atomic E-state index is 0.261. The maximum atomic E-state index is 6.73. The smallest absolute Gasteiger partial charge is 0.0476 e. The summed E-state index contributed by atoms with van der Waals surface area (Å²) in [7, 11) is 0. The summed E-state index contributed by atoms with van der Waals surface area (Å²) >= 11 is 6.73. The van der Waals surface area contributed by atoms with Gasteiger partial charge in [-0.1, -0.05) is 85.3 Å². The second kappa shape index (κ2) is 5.54. The van der Waals surface area contributed by atoms with E-state index >= 15 is 0 Å². The van der Waals surface area contributed by atoms with Crippen molar-refractivity contribution >= 4 is 11.6 Å². The first-order valence-corrected chi connectivity index (χ1v) is 8.49. The van der Waals surface area contributed by atoms with Crippen molar-refractivity contribution < 1.29 is 0 Å². The van der Waals surface area contributed by atoms with Gasteiger partial charge in [0.15, 0.2) is 0 Å². The molecule has 3 aromatic carbocycles. The number of fused-ring (bicyclic) bond motifs is 2. The van der Waals surface area contributed by atoms with Crippen molar-refractivity contribution in [2.45, 2.75) is 25.7 Å². The summed E-state index contributed by atoms with van der Waals surface area (Å²) in [6, 6.07) is 23.9. The topological polar surface area (TPSA) is 0 Å². The predicted molar refractivity (Wildman–Crippen MR) is 97.5 cm³/mol. The summed E-state index contributed by atoms with van der Waals surface area (Å²) < 4.78 is 0. The summed E-state index contributed by atoms with van der Waals surface area (Å²) in [5, 5.41) is 0.922. The van der Waals surface area contributed by atoms with Gasteiger partial charge < -0.3 is 0 Å². The van der Waals surface area contributed by atoms with Crippen LogP contribution < -0.4 is 0 Å². The van der Waals surface area contributed by atoms with Gasteiger partial charge in [0.05, 0.1) is 0 Å². The minimum absolute atomic E-state index is 0.261. The first-order chi connectivity index (χ1) is 11.2. The molecule has 0 N–H and O–H groups in total. The van der Waals surface area contributed by atoms with Crippen LogP contribution in [0.5, 0.6) is 0 Å². The van der Waals surface area contributed by atoms with E-state index in [4.69, 9.17) is 11.6 Å². The lowest BCUT2D eigenvalue weighted by Gasteiger charge is -2.34. The molecule has 0 radical (unpaired) electrons. The summed E-state index contributed by atoms with van der Waals surface area (Å²) in [5.41, 5.74) is 7.91. The van der Waals surface area contributed by atoms with Crippen molar-refractivity contribution in [3.8, 4) is 0 Å². The van der Waals surface area contributed by atoms with E-state index in [1.165, 1.54) is 27.8 Å². The van der Waals surface area contributed by atoms with Gasteiger partial charge >= 0.3 is 0 Å². The molecule has 0 heterocycles. The Morgan fingerprint density at radius 2 is 1.39 bits per heavy atom. The standard InChI is InChI=1S/C22H19Cl/c1-14-12-13-19-20(22(14)23)15(2)17-10-6-7-11-18(17)21(19)16-8-4-3-5-9-16/h3-13,15,21H,1-2H3. The van der Waals surface area contributed by atoms with Crippen LogP contribution >= 0.6 is 11.6 Å². The summed E-state index contributed by atoms with van der Waals surface area (Å²) in [6.45, 7) is 4.36. The average Bonchev–Trinajstić information content (AvgIpc) is 2.59. The zero-order chi connectivity index (χ0) is 16.0. The molecule has 0 aromatic heterocycles. The van der Waals surface area contributed by atoms with Gasteiger partial charge in [-0.25, -0.2) is 0 Å². The van der Waals surface area contributed by atoms with Crippen molar-refractivity contribution in [1.82, 2.24) is 0 Å². The van der Waals surface area contributed by atoms with Gasteiger partial charge in [-0.3, -0.25) is 0 Å². The Balaban J connectivity index is 2.05. The molecule has 0 nitrogen and oxygen atoms in total. The van der Waals surface area contributed by atoms with Gasteiger partial charge in [0.1, 0.15) is 0 Å². The van der Waals surface area contributed by atoms with E-state index in [9.17, 15) is 0 Å². The molecular weight excluding hydrogens is 300 g/mol. The molecule has 2 unspecified atom stereocenters. The molecule has 0 fully saturated rings. The maximum Gasteiger partial charge on any atom is 0.0476 e. The van der Waals surface area contributed by atoms with Crippen LogP contribution in [0.4, 0.5) is 0 Å². The van der Waals surface area contributed by atoms with Crippen molar-refractivity contribution in [3.05, 3.63) is 105 Å². The highest BCUT2D eigenvalue weighted by atomic mass is 35.5. The van der Waals surface area contributed by atoms with Crippen LogP contribution in [-0.2, 0) is 0 Å². The lowest BCUT2D eigenvalue weighted by Crippen LogP contribution is -2.18. The normalized spacial score (nSPS) is 19.1. The minimum Gasteiger partial charge on any atom is -0.0837 e. The van der Waals surface area contributed by atoms with Gasteiger partial charge in [-0.05, 0) is 40.3 Å². The highest BCUT2D eigenvalue weighted by Gasteiger charge is 2.32. The van der Waals surface area contributed by atoms with Crippen LogP contribution in [0.3, 0.4) is 0 Å².